The zero-order valence-corrected chi connectivity index (χ0v) is 12.4. The smallest absolute Gasteiger partial charge is 0.0705 e. The molecule has 0 saturated heterocycles. The van der Waals surface area contributed by atoms with Crippen LogP contribution in [-0.4, -0.2) is 11.5 Å². The quantitative estimate of drug-likeness (QED) is 0.751. The van der Waals surface area contributed by atoms with Crippen LogP contribution < -0.4 is 5.32 Å². The molecule has 0 aliphatic carbocycles. The van der Waals surface area contributed by atoms with Crippen molar-refractivity contribution in [3.05, 3.63) is 64.5 Å². The van der Waals surface area contributed by atoms with Gasteiger partial charge in [-0.2, -0.15) is 11.3 Å². The van der Waals surface area contributed by atoms with Crippen LogP contribution >= 0.6 is 11.3 Å². The number of pyridine rings is 1. The van der Waals surface area contributed by atoms with Crippen LogP contribution in [0.15, 0.2) is 53.4 Å². The van der Waals surface area contributed by atoms with E-state index in [4.69, 9.17) is 0 Å². The lowest BCUT2D eigenvalue weighted by molar-refractivity contribution is 0.600. The molecule has 20 heavy (non-hydrogen) atoms. The SMILES string of the molecule is CCCNC(c1ccsc1)c1ccc2cccnc2c1. The van der Waals surface area contributed by atoms with Gasteiger partial charge in [-0.3, -0.25) is 4.98 Å². The molecule has 0 bridgehead atoms. The fourth-order valence-corrected chi connectivity index (χ4v) is 3.11. The third kappa shape index (κ3) is 2.74. The summed E-state index contributed by atoms with van der Waals surface area (Å²) in [6.07, 6.45) is 2.98. The van der Waals surface area contributed by atoms with Crippen molar-refractivity contribution in [1.29, 1.82) is 0 Å². The van der Waals surface area contributed by atoms with Gasteiger partial charge >= 0.3 is 0 Å². The van der Waals surface area contributed by atoms with Crippen LogP contribution in [0.1, 0.15) is 30.5 Å². The van der Waals surface area contributed by atoms with Crippen molar-refractivity contribution in [1.82, 2.24) is 10.3 Å². The third-order valence-corrected chi connectivity index (χ3v) is 4.14. The summed E-state index contributed by atoms with van der Waals surface area (Å²) in [6.45, 7) is 3.21. The molecule has 3 aromatic rings. The van der Waals surface area contributed by atoms with E-state index < -0.39 is 0 Å². The normalized spacial score (nSPS) is 12.7. The Kier molecular flexibility index (Phi) is 4.09. The molecule has 102 valence electrons. The number of rotatable bonds is 5. The van der Waals surface area contributed by atoms with E-state index >= 15 is 0 Å². The van der Waals surface area contributed by atoms with Crippen molar-refractivity contribution < 1.29 is 0 Å². The summed E-state index contributed by atoms with van der Waals surface area (Å²) in [5.41, 5.74) is 3.67. The molecule has 1 atom stereocenters. The maximum absolute atomic E-state index is 4.46. The molecule has 2 heterocycles. The number of thiophene rings is 1. The first-order chi connectivity index (χ1) is 9.88. The van der Waals surface area contributed by atoms with E-state index in [1.165, 1.54) is 16.5 Å². The molecular formula is C17H18N2S. The first-order valence-corrected chi connectivity index (χ1v) is 7.93. The van der Waals surface area contributed by atoms with Gasteiger partial charge in [0.1, 0.15) is 0 Å². The van der Waals surface area contributed by atoms with Crippen LogP contribution in [0.5, 0.6) is 0 Å². The van der Waals surface area contributed by atoms with E-state index in [0.717, 1.165) is 18.5 Å². The van der Waals surface area contributed by atoms with Crippen LogP contribution in [0.4, 0.5) is 0 Å². The van der Waals surface area contributed by atoms with Gasteiger partial charge in [0.2, 0.25) is 0 Å². The molecular weight excluding hydrogens is 264 g/mol. The van der Waals surface area contributed by atoms with E-state index in [0.29, 0.717) is 0 Å². The van der Waals surface area contributed by atoms with Gasteiger partial charge in [-0.05, 0) is 53.1 Å². The van der Waals surface area contributed by atoms with E-state index in [1.807, 2.05) is 12.3 Å². The van der Waals surface area contributed by atoms with Crippen LogP contribution in [0.3, 0.4) is 0 Å². The molecule has 0 aliphatic rings. The summed E-state index contributed by atoms with van der Waals surface area (Å²) in [5, 5.41) is 9.17. The van der Waals surface area contributed by atoms with Crippen LogP contribution in [-0.2, 0) is 0 Å². The highest BCUT2D eigenvalue weighted by Crippen LogP contribution is 2.26. The summed E-state index contributed by atoms with van der Waals surface area (Å²) >= 11 is 1.74. The Hall–Kier alpha value is -1.71. The average molecular weight is 282 g/mol. The first kappa shape index (κ1) is 13.3. The van der Waals surface area contributed by atoms with E-state index in [9.17, 15) is 0 Å². The molecule has 1 unspecified atom stereocenters. The standard InChI is InChI=1S/C17H18N2S/c1-2-8-19-17(15-7-10-20-12-15)14-6-5-13-4-3-9-18-16(13)11-14/h3-7,9-12,17,19H,2,8H2,1H3. The maximum Gasteiger partial charge on any atom is 0.0705 e. The van der Waals surface area contributed by atoms with Crippen molar-refractivity contribution in [3.63, 3.8) is 0 Å². The number of aromatic nitrogens is 1. The number of benzene rings is 1. The number of hydrogen-bond acceptors (Lipinski definition) is 3. The molecule has 2 aromatic heterocycles. The van der Waals surface area contributed by atoms with Crippen LogP contribution in [0, 0.1) is 0 Å². The summed E-state index contributed by atoms with van der Waals surface area (Å²) in [7, 11) is 0. The van der Waals surface area contributed by atoms with E-state index in [1.54, 1.807) is 11.3 Å². The molecule has 2 nitrogen and oxygen atoms in total. The molecule has 0 spiro atoms. The van der Waals surface area contributed by atoms with Gasteiger partial charge in [0, 0.05) is 11.6 Å². The molecule has 0 amide bonds. The van der Waals surface area contributed by atoms with Crippen molar-refractivity contribution in [2.75, 3.05) is 6.54 Å². The van der Waals surface area contributed by atoms with E-state index in [2.05, 4.69) is 58.3 Å². The summed E-state index contributed by atoms with van der Waals surface area (Å²) in [6, 6.07) is 13.1. The van der Waals surface area contributed by atoms with Gasteiger partial charge in [-0.25, -0.2) is 0 Å². The largest absolute Gasteiger partial charge is 0.306 e. The minimum Gasteiger partial charge on any atom is -0.306 e. The highest BCUT2D eigenvalue weighted by Gasteiger charge is 2.14. The number of fused-ring (bicyclic) bond motifs is 1. The van der Waals surface area contributed by atoms with Crippen molar-refractivity contribution in [2.24, 2.45) is 0 Å². The fraction of sp³-hybridized carbons (Fsp3) is 0.235. The lowest BCUT2D eigenvalue weighted by Crippen LogP contribution is -2.22. The van der Waals surface area contributed by atoms with E-state index in [-0.39, 0.29) is 6.04 Å². The lowest BCUT2D eigenvalue weighted by atomic mass is 9.99. The Bertz CT molecular complexity index is 676. The van der Waals surface area contributed by atoms with Gasteiger partial charge in [0.05, 0.1) is 11.6 Å². The van der Waals surface area contributed by atoms with Crippen molar-refractivity contribution >= 4 is 22.2 Å². The summed E-state index contributed by atoms with van der Waals surface area (Å²) in [4.78, 5) is 4.46. The highest BCUT2D eigenvalue weighted by molar-refractivity contribution is 7.08. The molecule has 3 rings (SSSR count). The van der Waals surface area contributed by atoms with Gasteiger partial charge in [-0.15, -0.1) is 0 Å². The molecule has 0 fully saturated rings. The van der Waals surface area contributed by atoms with Gasteiger partial charge in [0.25, 0.3) is 0 Å². The molecule has 0 aliphatic heterocycles. The predicted octanol–water partition coefficient (Wildman–Crippen LogP) is 4.39. The zero-order chi connectivity index (χ0) is 13.8. The molecule has 0 radical (unpaired) electrons. The Morgan fingerprint density at radius 3 is 2.95 bits per heavy atom. The van der Waals surface area contributed by atoms with Crippen LogP contribution in [0.25, 0.3) is 10.9 Å². The Morgan fingerprint density at radius 2 is 2.15 bits per heavy atom. The molecule has 3 heteroatoms. The summed E-state index contributed by atoms with van der Waals surface area (Å²) in [5.74, 6) is 0. The van der Waals surface area contributed by atoms with Crippen molar-refractivity contribution in [3.8, 4) is 0 Å². The Balaban J connectivity index is 1.99. The van der Waals surface area contributed by atoms with Gasteiger partial charge in [-0.1, -0.05) is 25.1 Å². The topological polar surface area (TPSA) is 24.9 Å². The first-order valence-electron chi connectivity index (χ1n) is 6.98. The average Bonchev–Trinajstić information content (AvgIpc) is 3.02. The molecule has 0 saturated carbocycles. The Labute approximate surface area is 123 Å². The Morgan fingerprint density at radius 1 is 1.20 bits per heavy atom. The number of nitrogens with one attached hydrogen (secondary N) is 1. The van der Waals surface area contributed by atoms with Crippen LogP contribution in [0.2, 0.25) is 0 Å². The second-order valence-electron chi connectivity index (χ2n) is 4.90. The second kappa shape index (κ2) is 6.16. The number of nitrogens with zero attached hydrogens (tertiary/aromatic N) is 1. The molecule has 1 aromatic carbocycles. The monoisotopic (exact) mass is 282 g/mol. The predicted molar refractivity (Wildman–Crippen MR) is 86.2 cm³/mol. The second-order valence-corrected chi connectivity index (χ2v) is 5.68. The van der Waals surface area contributed by atoms with Crippen molar-refractivity contribution in [2.45, 2.75) is 19.4 Å². The third-order valence-electron chi connectivity index (χ3n) is 3.44. The highest BCUT2D eigenvalue weighted by atomic mass is 32.1. The number of hydrogen-bond donors (Lipinski definition) is 1. The zero-order valence-electron chi connectivity index (χ0n) is 11.5. The minimum absolute atomic E-state index is 0.257. The fourth-order valence-electron chi connectivity index (χ4n) is 2.42. The van der Waals surface area contributed by atoms with Gasteiger partial charge < -0.3 is 5.32 Å². The van der Waals surface area contributed by atoms with Gasteiger partial charge in [0.15, 0.2) is 0 Å². The minimum atomic E-state index is 0.257. The molecule has 1 N–H and O–H groups in total. The lowest BCUT2D eigenvalue weighted by Gasteiger charge is -2.18. The maximum atomic E-state index is 4.46. The summed E-state index contributed by atoms with van der Waals surface area (Å²) < 4.78 is 0.